The Kier molecular flexibility index (Phi) is 7.55. The van der Waals surface area contributed by atoms with Crippen molar-refractivity contribution in [3.05, 3.63) is 95.2 Å². The number of ether oxygens (including phenoxy) is 2. The molecule has 0 unspecified atom stereocenters. The third-order valence-corrected chi connectivity index (χ3v) is 8.15. The average molecular weight is 622 g/mol. The van der Waals surface area contributed by atoms with Crippen LogP contribution >= 0.6 is 0 Å². The van der Waals surface area contributed by atoms with Crippen LogP contribution in [0.4, 0.5) is 17.6 Å². The molecule has 2 aliphatic rings. The topological polar surface area (TPSA) is 93.6 Å². The molecule has 1 amide bonds. The summed E-state index contributed by atoms with van der Waals surface area (Å²) in [6, 6.07) is 14.4. The van der Waals surface area contributed by atoms with Crippen molar-refractivity contribution in [1.29, 1.82) is 0 Å². The van der Waals surface area contributed by atoms with E-state index in [9.17, 15) is 27.5 Å². The van der Waals surface area contributed by atoms with Crippen LogP contribution in [0.3, 0.4) is 0 Å². The summed E-state index contributed by atoms with van der Waals surface area (Å²) in [4.78, 5) is 21.9. The Morgan fingerprint density at radius 2 is 1.82 bits per heavy atom. The van der Waals surface area contributed by atoms with E-state index >= 15 is 0 Å². The molecule has 0 spiro atoms. The molecule has 1 aliphatic heterocycles. The molecule has 1 fully saturated rings. The lowest BCUT2D eigenvalue weighted by atomic mass is 9.84. The van der Waals surface area contributed by atoms with E-state index in [0.717, 1.165) is 30.5 Å². The maximum absolute atomic E-state index is 14.7. The Bertz CT molecular complexity index is 1770. The summed E-state index contributed by atoms with van der Waals surface area (Å²) in [5.41, 5.74) is -2.18. The van der Waals surface area contributed by atoms with Crippen molar-refractivity contribution in [3.63, 3.8) is 0 Å². The lowest BCUT2D eigenvalue weighted by Gasteiger charge is -2.31. The first-order chi connectivity index (χ1) is 21.3. The van der Waals surface area contributed by atoms with Gasteiger partial charge in [-0.2, -0.15) is 13.2 Å². The van der Waals surface area contributed by atoms with Crippen molar-refractivity contribution in [3.8, 4) is 33.9 Å². The molecule has 2 aromatic heterocycles. The van der Waals surface area contributed by atoms with Gasteiger partial charge in [0.1, 0.15) is 23.0 Å². The van der Waals surface area contributed by atoms with Crippen LogP contribution in [0, 0.1) is 12.7 Å². The summed E-state index contributed by atoms with van der Waals surface area (Å²) >= 11 is 0. The number of carbonyl (C=O) groups is 1. The highest BCUT2D eigenvalue weighted by Gasteiger charge is 2.57. The van der Waals surface area contributed by atoms with Gasteiger partial charge in [0.15, 0.2) is 0 Å². The van der Waals surface area contributed by atoms with E-state index in [1.165, 1.54) is 24.3 Å². The Hall–Kier alpha value is -4.51. The molecule has 0 saturated heterocycles. The fourth-order valence-electron chi connectivity index (χ4n) is 5.29. The number of aliphatic hydroxyl groups is 1. The van der Waals surface area contributed by atoms with E-state index in [2.05, 4.69) is 15.3 Å². The van der Waals surface area contributed by atoms with E-state index in [-0.39, 0.29) is 29.7 Å². The van der Waals surface area contributed by atoms with E-state index < -0.39 is 41.2 Å². The minimum absolute atomic E-state index is 0.0322. The van der Waals surface area contributed by atoms with Crippen LogP contribution < -0.4 is 14.8 Å². The van der Waals surface area contributed by atoms with Gasteiger partial charge in [0.2, 0.25) is 5.60 Å². The first-order valence-electron chi connectivity index (χ1n) is 14.5. The predicted molar refractivity (Wildman–Crippen MR) is 158 cm³/mol. The fraction of sp³-hybridized carbons (Fsp3) is 0.324. The van der Waals surface area contributed by atoms with Gasteiger partial charge in [-0.3, -0.25) is 9.78 Å². The summed E-state index contributed by atoms with van der Waals surface area (Å²) in [6.45, 7) is 4.35. The third kappa shape index (κ3) is 5.84. The molecule has 45 heavy (non-hydrogen) atoms. The zero-order valence-electron chi connectivity index (χ0n) is 24.8. The second-order valence-electron chi connectivity index (χ2n) is 12.1. The molecule has 2 N–H and O–H groups in total. The Morgan fingerprint density at radius 3 is 2.49 bits per heavy atom. The van der Waals surface area contributed by atoms with Crippen molar-refractivity contribution in [1.82, 2.24) is 15.3 Å². The number of aromatic nitrogens is 2. The first kappa shape index (κ1) is 30.5. The standard InChI is InChI=1S/C34H31F4N3O4/c1-19-24(5-4-14-39-19)25-15-21(8-13-27(25)45-23-11-12-23)31(42)40-17-33(43,34(36,37)38)28-16-26-30(44-18-32(26,2)3)29(41-28)20-6-9-22(35)10-7-20/h4-10,13-16,23,43H,11-12,17-18H2,1-3H3,(H,40,42)/t33-/m0/s1. The number of alkyl halides is 3. The molecule has 0 radical (unpaired) electrons. The molecule has 2 aromatic carbocycles. The maximum atomic E-state index is 14.7. The number of carbonyl (C=O) groups excluding carboxylic acids is 1. The van der Waals surface area contributed by atoms with Crippen LogP contribution in [-0.2, 0) is 11.0 Å². The second kappa shape index (κ2) is 11.1. The lowest BCUT2D eigenvalue weighted by Crippen LogP contribution is -2.51. The highest BCUT2D eigenvalue weighted by molar-refractivity contribution is 5.96. The number of halogens is 4. The van der Waals surface area contributed by atoms with Crippen LogP contribution in [0.5, 0.6) is 11.5 Å². The molecule has 4 aromatic rings. The molecule has 1 saturated carbocycles. The van der Waals surface area contributed by atoms with Gasteiger partial charge in [0.05, 0.1) is 24.9 Å². The van der Waals surface area contributed by atoms with Crippen molar-refractivity contribution in [2.45, 2.75) is 56.9 Å². The minimum Gasteiger partial charge on any atom is -0.490 e. The molecule has 1 aliphatic carbocycles. The van der Waals surface area contributed by atoms with Crippen molar-refractivity contribution in [2.24, 2.45) is 0 Å². The molecular formula is C34H31F4N3O4. The second-order valence-corrected chi connectivity index (χ2v) is 12.1. The highest BCUT2D eigenvalue weighted by Crippen LogP contribution is 2.47. The molecule has 0 bridgehead atoms. The number of pyridine rings is 2. The van der Waals surface area contributed by atoms with E-state index in [1.807, 2.05) is 13.0 Å². The van der Waals surface area contributed by atoms with Gasteiger partial charge in [-0.05, 0) is 74.4 Å². The predicted octanol–water partition coefficient (Wildman–Crippen LogP) is 6.65. The fourth-order valence-corrected chi connectivity index (χ4v) is 5.29. The van der Waals surface area contributed by atoms with Gasteiger partial charge in [-0.1, -0.05) is 19.9 Å². The number of hydrogen-bond acceptors (Lipinski definition) is 6. The smallest absolute Gasteiger partial charge is 0.424 e. The lowest BCUT2D eigenvalue weighted by molar-refractivity contribution is -0.265. The maximum Gasteiger partial charge on any atom is 0.424 e. The van der Waals surface area contributed by atoms with Gasteiger partial charge in [0, 0.05) is 45.1 Å². The van der Waals surface area contributed by atoms with Gasteiger partial charge < -0.3 is 19.9 Å². The molecule has 6 rings (SSSR count). The Labute approximate surface area is 257 Å². The number of nitrogens with zero attached hydrogens (tertiary/aromatic N) is 2. The SMILES string of the molecule is Cc1ncccc1-c1cc(C(=O)NC[C@](O)(c2cc3c(c(-c4ccc(F)cc4)n2)OCC3(C)C)C(F)(F)F)ccc1OC1CC1. The van der Waals surface area contributed by atoms with Crippen molar-refractivity contribution in [2.75, 3.05) is 13.2 Å². The monoisotopic (exact) mass is 621 g/mol. The van der Waals surface area contributed by atoms with Crippen LogP contribution in [-0.4, -0.2) is 46.4 Å². The molecular weight excluding hydrogens is 590 g/mol. The number of fused-ring (bicyclic) bond motifs is 1. The number of benzene rings is 2. The minimum atomic E-state index is -5.23. The quantitative estimate of drug-likeness (QED) is 0.214. The van der Waals surface area contributed by atoms with E-state index in [1.54, 1.807) is 38.2 Å². The average Bonchev–Trinajstić information content (AvgIpc) is 3.77. The summed E-state index contributed by atoms with van der Waals surface area (Å²) in [7, 11) is 0. The van der Waals surface area contributed by atoms with Gasteiger partial charge in [-0.15, -0.1) is 0 Å². The Morgan fingerprint density at radius 1 is 1.09 bits per heavy atom. The summed E-state index contributed by atoms with van der Waals surface area (Å²) < 4.78 is 69.8. The number of amides is 1. The summed E-state index contributed by atoms with van der Waals surface area (Å²) in [5, 5.41) is 13.6. The zero-order chi connectivity index (χ0) is 32.1. The number of rotatable bonds is 8. The molecule has 1 atom stereocenters. The number of hydrogen-bond donors (Lipinski definition) is 2. The number of nitrogens with one attached hydrogen (secondary N) is 1. The highest BCUT2D eigenvalue weighted by atomic mass is 19.4. The third-order valence-electron chi connectivity index (χ3n) is 8.15. The largest absolute Gasteiger partial charge is 0.490 e. The molecule has 3 heterocycles. The van der Waals surface area contributed by atoms with Gasteiger partial charge >= 0.3 is 6.18 Å². The van der Waals surface area contributed by atoms with Crippen molar-refractivity contribution < 1.29 is 36.9 Å². The van der Waals surface area contributed by atoms with Gasteiger partial charge in [0.25, 0.3) is 5.91 Å². The van der Waals surface area contributed by atoms with E-state index in [4.69, 9.17) is 9.47 Å². The summed E-state index contributed by atoms with van der Waals surface area (Å²) in [5.74, 6) is -0.564. The first-order valence-corrected chi connectivity index (χ1v) is 14.5. The van der Waals surface area contributed by atoms with Crippen LogP contribution in [0.2, 0.25) is 0 Å². The van der Waals surface area contributed by atoms with E-state index in [0.29, 0.717) is 28.1 Å². The van der Waals surface area contributed by atoms with Gasteiger partial charge in [-0.25, -0.2) is 9.37 Å². The molecule has 7 nitrogen and oxygen atoms in total. The normalized spacial score (nSPS) is 16.8. The Balaban J connectivity index is 1.36. The van der Waals surface area contributed by atoms with Crippen LogP contribution in [0.1, 0.15) is 54.0 Å². The van der Waals surface area contributed by atoms with Crippen molar-refractivity contribution >= 4 is 5.91 Å². The number of aryl methyl sites for hydroxylation is 1. The van der Waals surface area contributed by atoms with Crippen LogP contribution in [0.25, 0.3) is 22.4 Å². The molecule has 11 heteroatoms. The molecule has 234 valence electrons. The zero-order valence-corrected chi connectivity index (χ0v) is 24.8. The summed E-state index contributed by atoms with van der Waals surface area (Å²) in [6.07, 6.45) is -1.71. The van der Waals surface area contributed by atoms with Crippen LogP contribution in [0.15, 0.2) is 66.9 Å².